The summed E-state index contributed by atoms with van der Waals surface area (Å²) in [5.74, 6) is 0. The van der Waals surface area contributed by atoms with Crippen LogP contribution in [0.4, 0.5) is 0 Å². The second kappa shape index (κ2) is 14.5. The summed E-state index contributed by atoms with van der Waals surface area (Å²) < 4.78 is 3.65. The van der Waals surface area contributed by atoms with Crippen molar-refractivity contribution in [1.82, 2.24) is 9.13 Å². The lowest BCUT2D eigenvalue weighted by Crippen LogP contribution is -2.22. The Morgan fingerprint density at radius 1 is 0.258 bits per heavy atom. The van der Waals surface area contributed by atoms with Crippen molar-refractivity contribution in [2.24, 2.45) is 0 Å². The van der Waals surface area contributed by atoms with E-state index in [0.29, 0.717) is 0 Å². The molecule has 0 fully saturated rings. The maximum atomic E-state index is 14.5. The lowest BCUT2D eigenvalue weighted by Gasteiger charge is -2.19. The first-order valence-corrected chi connectivity index (χ1v) is 21.1. The lowest BCUT2D eigenvalue weighted by molar-refractivity contribution is 0.931. The molecule has 3 nitrogen and oxygen atoms in total. The molecule has 3 heteroatoms. The first kappa shape index (κ1) is 35.7. The average Bonchev–Trinajstić information content (AvgIpc) is 3.64. The van der Waals surface area contributed by atoms with Crippen LogP contribution in [0.1, 0.15) is 0 Å². The topological polar surface area (TPSA) is 26.9 Å². The molecule has 0 saturated carbocycles. The number of benzene rings is 11. The van der Waals surface area contributed by atoms with E-state index in [9.17, 15) is 4.79 Å². The van der Waals surface area contributed by atoms with Gasteiger partial charge in [-0.1, -0.05) is 176 Å². The van der Waals surface area contributed by atoms with Gasteiger partial charge in [0.15, 0.2) is 0 Å². The van der Waals surface area contributed by atoms with Gasteiger partial charge in [-0.2, -0.15) is 0 Å². The van der Waals surface area contributed by atoms with E-state index < -0.39 is 0 Å². The van der Waals surface area contributed by atoms with Gasteiger partial charge in [0, 0.05) is 0 Å². The zero-order chi connectivity index (χ0) is 41.1. The Labute approximate surface area is 358 Å². The molecule has 0 amide bonds. The molecule has 1 aromatic heterocycles. The molecule has 11 aromatic carbocycles. The molecule has 0 aliphatic rings. The van der Waals surface area contributed by atoms with Crippen LogP contribution in [0.5, 0.6) is 0 Å². The third-order valence-electron chi connectivity index (χ3n) is 12.5. The Kier molecular flexibility index (Phi) is 8.32. The van der Waals surface area contributed by atoms with Crippen LogP contribution in [0, 0.1) is 0 Å². The smallest absolute Gasteiger partial charge is 0.260 e. The number of para-hydroxylation sites is 2. The number of imidazole rings is 1. The minimum absolute atomic E-state index is 0.108. The summed E-state index contributed by atoms with van der Waals surface area (Å²) in [4.78, 5) is 14.5. The third kappa shape index (κ3) is 5.86. The largest absolute Gasteiger partial charge is 0.338 e. The van der Waals surface area contributed by atoms with E-state index in [0.717, 1.165) is 44.7 Å². The van der Waals surface area contributed by atoms with Crippen molar-refractivity contribution in [2.45, 2.75) is 0 Å². The molecule has 0 N–H and O–H groups in total. The summed E-state index contributed by atoms with van der Waals surface area (Å²) in [5, 5.41) is 9.74. The molecule has 0 unspecified atom stereocenters. The molecule has 0 saturated heterocycles. The number of nitrogens with zero attached hydrogens (tertiary/aromatic N) is 2. The van der Waals surface area contributed by atoms with Crippen LogP contribution in [-0.2, 0) is 0 Å². The summed E-state index contributed by atoms with van der Waals surface area (Å²) in [6.45, 7) is 0. The van der Waals surface area contributed by atoms with E-state index >= 15 is 0 Å². The Balaban J connectivity index is 1.03. The van der Waals surface area contributed by atoms with Crippen molar-refractivity contribution in [3.63, 3.8) is 0 Å². The van der Waals surface area contributed by atoms with Crippen LogP contribution in [-0.4, -0.2) is 9.13 Å². The van der Waals surface area contributed by atoms with Gasteiger partial charge in [0.2, 0.25) is 0 Å². The summed E-state index contributed by atoms with van der Waals surface area (Å²) in [6.07, 6.45) is 0. The standard InChI is InChI=1S/C59H38N2O/c62-59-60(55-23-10-11-24-56(55)61(59)50-20-12-19-45(37-50)39-13-2-1-3-14-39)49-32-29-42(30-33-49)46-31-34-53-54(38-46)58(48-28-26-41-16-5-7-18-44(41)36-48)52-22-9-8-21-51(52)57(53)47-27-25-40-15-4-6-17-43(40)35-47/h1-38H. The van der Waals surface area contributed by atoms with Gasteiger partial charge in [-0.25, -0.2) is 4.79 Å². The van der Waals surface area contributed by atoms with Crippen molar-refractivity contribution < 1.29 is 0 Å². The van der Waals surface area contributed by atoms with E-state index in [1.54, 1.807) is 0 Å². The molecule has 290 valence electrons. The Hall–Kier alpha value is -8.27. The summed E-state index contributed by atoms with van der Waals surface area (Å²) in [6, 6.07) is 81.6. The minimum Gasteiger partial charge on any atom is -0.260 e. The van der Waals surface area contributed by atoms with Crippen molar-refractivity contribution in [3.05, 3.63) is 241 Å². The van der Waals surface area contributed by atoms with Gasteiger partial charge in [-0.15, -0.1) is 0 Å². The number of fused-ring (bicyclic) bond motifs is 5. The Bertz CT molecular complexity index is 3760. The predicted octanol–water partition coefficient (Wildman–Crippen LogP) is 15.1. The Morgan fingerprint density at radius 2 is 0.710 bits per heavy atom. The zero-order valence-electron chi connectivity index (χ0n) is 33.7. The molecule has 0 aliphatic heterocycles. The normalized spacial score (nSPS) is 11.6. The average molecular weight is 791 g/mol. The zero-order valence-corrected chi connectivity index (χ0v) is 33.7. The van der Waals surface area contributed by atoms with Crippen LogP contribution in [0.2, 0.25) is 0 Å². The van der Waals surface area contributed by atoms with E-state index in [-0.39, 0.29) is 5.69 Å². The Morgan fingerprint density at radius 3 is 1.35 bits per heavy atom. The molecule has 62 heavy (non-hydrogen) atoms. The lowest BCUT2D eigenvalue weighted by atomic mass is 9.84. The maximum Gasteiger partial charge on any atom is 0.338 e. The van der Waals surface area contributed by atoms with E-state index in [4.69, 9.17) is 0 Å². The fourth-order valence-corrected chi connectivity index (χ4v) is 9.58. The quantitative estimate of drug-likeness (QED) is 0.154. The minimum atomic E-state index is -0.108. The molecule has 12 aromatic rings. The second-order valence-corrected chi connectivity index (χ2v) is 16.1. The number of hydrogen-bond acceptors (Lipinski definition) is 1. The van der Waals surface area contributed by atoms with Gasteiger partial charge in [0.1, 0.15) is 0 Å². The first-order chi connectivity index (χ1) is 30.7. The van der Waals surface area contributed by atoms with Crippen molar-refractivity contribution >= 4 is 54.1 Å². The fraction of sp³-hybridized carbons (Fsp3) is 0. The molecule has 1 heterocycles. The predicted molar refractivity (Wildman–Crippen MR) is 261 cm³/mol. The fourth-order valence-electron chi connectivity index (χ4n) is 9.58. The molecule has 0 spiro atoms. The van der Waals surface area contributed by atoms with E-state index in [1.165, 1.54) is 65.3 Å². The van der Waals surface area contributed by atoms with Crippen LogP contribution >= 0.6 is 0 Å². The van der Waals surface area contributed by atoms with Crippen LogP contribution in [0.3, 0.4) is 0 Å². The van der Waals surface area contributed by atoms with Crippen molar-refractivity contribution in [3.8, 4) is 55.9 Å². The van der Waals surface area contributed by atoms with Crippen LogP contribution in [0.15, 0.2) is 235 Å². The molecular weight excluding hydrogens is 753 g/mol. The second-order valence-electron chi connectivity index (χ2n) is 16.1. The molecule has 12 rings (SSSR count). The summed E-state index contributed by atoms with van der Waals surface area (Å²) in [5.41, 5.74) is 12.5. The summed E-state index contributed by atoms with van der Waals surface area (Å²) >= 11 is 0. The molecular formula is C59H38N2O. The number of aromatic nitrogens is 2. The van der Waals surface area contributed by atoms with E-state index in [1.807, 2.05) is 63.7 Å². The highest BCUT2D eigenvalue weighted by Crippen LogP contribution is 2.46. The van der Waals surface area contributed by atoms with Gasteiger partial charge in [0.25, 0.3) is 0 Å². The van der Waals surface area contributed by atoms with Gasteiger partial charge in [-0.05, 0) is 142 Å². The summed E-state index contributed by atoms with van der Waals surface area (Å²) in [7, 11) is 0. The van der Waals surface area contributed by atoms with Gasteiger partial charge in [-0.3, -0.25) is 9.13 Å². The molecule has 0 radical (unpaired) electrons. The van der Waals surface area contributed by atoms with Crippen molar-refractivity contribution in [2.75, 3.05) is 0 Å². The van der Waals surface area contributed by atoms with Crippen molar-refractivity contribution in [1.29, 1.82) is 0 Å². The van der Waals surface area contributed by atoms with Gasteiger partial charge >= 0.3 is 5.69 Å². The molecule has 0 aliphatic carbocycles. The first-order valence-electron chi connectivity index (χ1n) is 21.1. The molecule has 0 bridgehead atoms. The van der Waals surface area contributed by atoms with Gasteiger partial charge < -0.3 is 0 Å². The van der Waals surface area contributed by atoms with Gasteiger partial charge in [0.05, 0.1) is 22.4 Å². The van der Waals surface area contributed by atoms with Crippen LogP contribution in [0.25, 0.3) is 110 Å². The third-order valence-corrected chi connectivity index (χ3v) is 12.5. The SMILES string of the molecule is O=c1n(-c2ccc(-c3ccc4c(-c5ccc6ccccc6c5)c5ccccc5c(-c5ccc6ccccc6c5)c4c3)cc2)c2ccccc2n1-c1cccc(-c2ccccc2)c1. The van der Waals surface area contributed by atoms with Crippen LogP contribution < -0.4 is 5.69 Å². The number of rotatable bonds is 6. The maximum absolute atomic E-state index is 14.5. The highest BCUT2D eigenvalue weighted by molar-refractivity contribution is 6.22. The highest BCUT2D eigenvalue weighted by Gasteiger charge is 2.20. The number of hydrogen-bond donors (Lipinski definition) is 0. The monoisotopic (exact) mass is 790 g/mol. The molecule has 0 atom stereocenters. The highest BCUT2D eigenvalue weighted by atomic mass is 16.1. The van der Waals surface area contributed by atoms with E-state index in [2.05, 4.69) is 176 Å².